The number of ether oxygens (including phenoxy) is 2. The summed E-state index contributed by atoms with van der Waals surface area (Å²) in [7, 11) is 0. The summed E-state index contributed by atoms with van der Waals surface area (Å²) in [6.45, 7) is 0.298. The van der Waals surface area contributed by atoms with Crippen LogP contribution >= 0.6 is 11.3 Å². The molecule has 0 saturated carbocycles. The highest BCUT2D eigenvalue weighted by atomic mass is 32.1. The molecule has 104 valence electrons. The summed E-state index contributed by atoms with van der Waals surface area (Å²) in [6.07, 6.45) is 0.406. The van der Waals surface area contributed by atoms with Gasteiger partial charge in [-0.3, -0.25) is 0 Å². The summed E-state index contributed by atoms with van der Waals surface area (Å²) < 4.78 is 24.2. The topological polar surface area (TPSA) is 55.8 Å². The van der Waals surface area contributed by atoms with E-state index in [-0.39, 0.29) is 16.8 Å². The summed E-state index contributed by atoms with van der Waals surface area (Å²) in [5.41, 5.74) is 0.829. The SMILES string of the molecule is O=C(O)c1cc(OCC2Cc3cc(F)ccc3O2)cs1. The zero-order chi connectivity index (χ0) is 14.1. The van der Waals surface area contributed by atoms with Crippen molar-refractivity contribution < 1.29 is 23.8 Å². The lowest BCUT2D eigenvalue weighted by atomic mass is 10.1. The second-order valence-electron chi connectivity index (χ2n) is 4.46. The van der Waals surface area contributed by atoms with E-state index in [1.54, 1.807) is 11.4 Å². The molecule has 1 aromatic carbocycles. The zero-order valence-corrected chi connectivity index (χ0v) is 11.2. The number of carbonyl (C=O) groups is 1. The van der Waals surface area contributed by atoms with Crippen molar-refractivity contribution in [2.45, 2.75) is 12.5 Å². The Hall–Kier alpha value is -2.08. The fraction of sp³-hybridized carbons (Fsp3) is 0.214. The van der Waals surface area contributed by atoms with Gasteiger partial charge in [-0.05, 0) is 18.2 Å². The predicted molar refractivity (Wildman–Crippen MR) is 71.3 cm³/mol. The molecule has 0 amide bonds. The van der Waals surface area contributed by atoms with E-state index in [0.717, 1.165) is 16.9 Å². The van der Waals surface area contributed by atoms with E-state index >= 15 is 0 Å². The lowest BCUT2D eigenvalue weighted by molar-refractivity contribution is 0.0701. The lowest BCUT2D eigenvalue weighted by Gasteiger charge is -2.11. The van der Waals surface area contributed by atoms with Crippen LogP contribution in [-0.2, 0) is 6.42 Å². The number of carboxylic acids is 1. The number of thiophene rings is 1. The van der Waals surface area contributed by atoms with E-state index < -0.39 is 5.97 Å². The molecule has 0 saturated heterocycles. The van der Waals surface area contributed by atoms with E-state index in [2.05, 4.69) is 0 Å². The molecule has 0 spiro atoms. The molecule has 20 heavy (non-hydrogen) atoms. The molecule has 1 aromatic heterocycles. The van der Waals surface area contributed by atoms with Crippen LogP contribution in [0.25, 0.3) is 0 Å². The van der Waals surface area contributed by atoms with E-state index in [4.69, 9.17) is 14.6 Å². The molecule has 1 aliphatic rings. The third kappa shape index (κ3) is 2.60. The molecule has 0 radical (unpaired) electrons. The van der Waals surface area contributed by atoms with Gasteiger partial charge in [-0.1, -0.05) is 0 Å². The van der Waals surface area contributed by atoms with Crippen molar-refractivity contribution in [1.29, 1.82) is 0 Å². The summed E-state index contributed by atoms with van der Waals surface area (Å²) >= 11 is 1.11. The minimum atomic E-state index is -0.968. The quantitative estimate of drug-likeness (QED) is 0.942. The number of halogens is 1. The smallest absolute Gasteiger partial charge is 0.346 e. The first kappa shape index (κ1) is 12.9. The number of hydrogen-bond acceptors (Lipinski definition) is 4. The Labute approximate surface area is 118 Å². The van der Waals surface area contributed by atoms with Crippen LogP contribution in [0.5, 0.6) is 11.5 Å². The molecule has 2 aromatic rings. The molecular weight excluding hydrogens is 283 g/mol. The predicted octanol–water partition coefficient (Wildman–Crippen LogP) is 2.97. The van der Waals surface area contributed by atoms with Crippen molar-refractivity contribution in [3.63, 3.8) is 0 Å². The highest BCUT2D eigenvalue weighted by Crippen LogP contribution is 2.30. The summed E-state index contributed by atoms with van der Waals surface area (Å²) in [4.78, 5) is 11.0. The highest BCUT2D eigenvalue weighted by Gasteiger charge is 2.24. The first-order valence-electron chi connectivity index (χ1n) is 6.01. The zero-order valence-electron chi connectivity index (χ0n) is 10.3. The average Bonchev–Trinajstić information content (AvgIpc) is 3.01. The molecule has 1 unspecified atom stereocenters. The fourth-order valence-corrected chi connectivity index (χ4v) is 2.74. The third-order valence-electron chi connectivity index (χ3n) is 2.99. The van der Waals surface area contributed by atoms with Gasteiger partial charge in [-0.15, -0.1) is 11.3 Å². The van der Waals surface area contributed by atoms with Gasteiger partial charge in [0, 0.05) is 23.4 Å². The van der Waals surface area contributed by atoms with Crippen molar-refractivity contribution in [2.75, 3.05) is 6.61 Å². The van der Waals surface area contributed by atoms with Gasteiger partial charge >= 0.3 is 5.97 Å². The van der Waals surface area contributed by atoms with Gasteiger partial charge in [0.2, 0.25) is 0 Å². The van der Waals surface area contributed by atoms with Gasteiger partial charge in [0.15, 0.2) is 0 Å². The second-order valence-corrected chi connectivity index (χ2v) is 5.37. The Balaban J connectivity index is 1.59. The van der Waals surface area contributed by atoms with E-state index in [1.807, 2.05) is 0 Å². The molecule has 1 aliphatic heterocycles. The summed E-state index contributed by atoms with van der Waals surface area (Å²) in [5.74, 6) is -0.0580. The van der Waals surface area contributed by atoms with Crippen LogP contribution < -0.4 is 9.47 Å². The number of hydrogen-bond donors (Lipinski definition) is 1. The maximum atomic E-state index is 13.1. The van der Waals surface area contributed by atoms with Gasteiger partial charge in [0.1, 0.15) is 34.9 Å². The minimum absolute atomic E-state index is 0.181. The Bertz CT molecular complexity index is 652. The van der Waals surface area contributed by atoms with E-state index in [9.17, 15) is 9.18 Å². The minimum Gasteiger partial charge on any atom is -0.489 e. The summed E-state index contributed by atoms with van der Waals surface area (Å²) in [6, 6.07) is 5.91. The highest BCUT2D eigenvalue weighted by molar-refractivity contribution is 7.12. The standard InChI is InChI=1S/C14H11FO4S/c15-9-1-2-12-8(3-9)4-10(19-12)6-18-11-5-13(14(16)17)20-7-11/h1-3,5,7,10H,4,6H2,(H,16,17). The summed E-state index contributed by atoms with van der Waals surface area (Å²) in [5, 5.41) is 10.5. The van der Waals surface area contributed by atoms with Crippen molar-refractivity contribution in [2.24, 2.45) is 0 Å². The Morgan fingerprint density at radius 3 is 3.10 bits per heavy atom. The molecule has 1 atom stereocenters. The number of benzene rings is 1. The lowest BCUT2D eigenvalue weighted by Crippen LogP contribution is -2.22. The van der Waals surface area contributed by atoms with Gasteiger partial charge in [0.25, 0.3) is 0 Å². The number of fused-ring (bicyclic) bond motifs is 1. The number of carboxylic acid groups (broad SMARTS) is 1. The van der Waals surface area contributed by atoms with Crippen LogP contribution in [0.4, 0.5) is 4.39 Å². The van der Waals surface area contributed by atoms with Gasteiger partial charge in [0.05, 0.1) is 0 Å². The monoisotopic (exact) mass is 294 g/mol. The molecule has 1 N–H and O–H groups in total. The normalized spacial score (nSPS) is 16.6. The third-order valence-corrected chi connectivity index (χ3v) is 3.88. The molecule has 2 heterocycles. The second kappa shape index (κ2) is 5.13. The molecule has 3 rings (SSSR count). The van der Waals surface area contributed by atoms with Crippen LogP contribution in [0.1, 0.15) is 15.2 Å². The van der Waals surface area contributed by atoms with Crippen LogP contribution in [0.15, 0.2) is 29.6 Å². The first-order chi connectivity index (χ1) is 9.61. The van der Waals surface area contributed by atoms with Crippen molar-refractivity contribution in [1.82, 2.24) is 0 Å². The van der Waals surface area contributed by atoms with Gasteiger partial charge < -0.3 is 14.6 Å². The fourth-order valence-electron chi connectivity index (χ4n) is 2.08. The van der Waals surface area contributed by atoms with Gasteiger partial charge in [-0.25, -0.2) is 9.18 Å². The van der Waals surface area contributed by atoms with Gasteiger partial charge in [-0.2, -0.15) is 0 Å². The van der Waals surface area contributed by atoms with Crippen LogP contribution in [0, 0.1) is 5.82 Å². The first-order valence-corrected chi connectivity index (χ1v) is 6.89. The Morgan fingerprint density at radius 2 is 2.35 bits per heavy atom. The molecular formula is C14H11FO4S. The van der Waals surface area contributed by atoms with Crippen LogP contribution in [0.2, 0.25) is 0 Å². The maximum Gasteiger partial charge on any atom is 0.346 e. The van der Waals surface area contributed by atoms with E-state index in [0.29, 0.717) is 24.5 Å². The van der Waals surface area contributed by atoms with E-state index in [1.165, 1.54) is 18.2 Å². The molecule has 0 bridgehead atoms. The number of aromatic carboxylic acids is 1. The Morgan fingerprint density at radius 1 is 1.50 bits per heavy atom. The van der Waals surface area contributed by atoms with Crippen molar-refractivity contribution in [3.8, 4) is 11.5 Å². The van der Waals surface area contributed by atoms with Crippen LogP contribution in [-0.4, -0.2) is 23.8 Å². The van der Waals surface area contributed by atoms with Crippen molar-refractivity contribution in [3.05, 3.63) is 45.9 Å². The molecule has 0 fully saturated rings. The molecule has 0 aliphatic carbocycles. The van der Waals surface area contributed by atoms with Crippen LogP contribution in [0.3, 0.4) is 0 Å². The maximum absolute atomic E-state index is 13.1. The molecule has 4 nitrogen and oxygen atoms in total. The molecule has 6 heteroatoms. The largest absolute Gasteiger partial charge is 0.489 e. The number of rotatable bonds is 4. The Kier molecular flexibility index (Phi) is 3.31. The van der Waals surface area contributed by atoms with Crippen molar-refractivity contribution >= 4 is 17.3 Å². The average molecular weight is 294 g/mol.